The Balaban J connectivity index is 2.66. The molecule has 0 amide bonds. The number of likely N-dealkylation sites (N-methyl/N-ethyl adjacent to an activating group) is 1. The van der Waals surface area contributed by atoms with Gasteiger partial charge in [-0.05, 0) is 31.1 Å². The van der Waals surface area contributed by atoms with Crippen LogP contribution in [0.15, 0.2) is 29.2 Å². The van der Waals surface area contributed by atoms with Gasteiger partial charge >= 0.3 is 0 Å². The van der Waals surface area contributed by atoms with Crippen LogP contribution in [0.5, 0.6) is 0 Å². The van der Waals surface area contributed by atoms with Gasteiger partial charge in [-0.1, -0.05) is 32.0 Å². The first-order valence-electron chi connectivity index (χ1n) is 6.96. The zero-order chi connectivity index (χ0) is 15.0. The Kier molecular flexibility index (Phi) is 7.15. The third-order valence-electron chi connectivity index (χ3n) is 3.14. The quantitative estimate of drug-likeness (QED) is 0.719. The van der Waals surface area contributed by atoms with Crippen LogP contribution in [0.4, 0.5) is 0 Å². The van der Waals surface area contributed by atoms with Crippen molar-refractivity contribution >= 4 is 10.0 Å². The minimum Gasteiger partial charge on any atom is -0.392 e. The van der Waals surface area contributed by atoms with Crippen LogP contribution in [0.25, 0.3) is 0 Å². The van der Waals surface area contributed by atoms with Gasteiger partial charge in [-0.3, -0.25) is 0 Å². The van der Waals surface area contributed by atoms with Crippen molar-refractivity contribution in [1.29, 1.82) is 0 Å². The lowest BCUT2D eigenvalue weighted by atomic mass is 10.2. The fraction of sp³-hybridized carbons (Fsp3) is 0.571. The Labute approximate surface area is 121 Å². The van der Waals surface area contributed by atoms with E-state index in [4.69, 9.17) is 0 Å². The van der Waals surface area contributed by atoms with E-state index in [1.165, 1.54) is 6.07 Å². The first-order valence-corrected chi connectivity index (χ1v) is 8.44. The first-order chi connectivity index (χ1) is 9.55. The molecule has 0 aromatic heterocycles. The van der Waals surface area contributed by atoms with Crippen LogP contribution in [0, 0.1) is 0 Å². The molecule has 0 aliphatic carbocycles. The number of hydrogen-bond acceptors (Lipinski definition) is 4. The third-order valence-corrected chi connectivity index (χ3v) is 4.70. The minimum atomic E-state index is -3.56. The second-order valence-electron chi connectivity index (χ2n) is 4.60. The van der Waals surface area contributed by atoms with Gasteiger partial charge in [-0.15, -0.1) is 0 Å². The second-order valence-corrected chi connectivity index (χ2v) is 6.33. The molecule has 0 unspecified atom stereocenters. The van der Waals surface area contributed by atoms with E-state index in [1.54, 1.807) is 18.2 Å². The molecular weight excluding hydrogens is 276 g/mol. The summed E-state index contributed by atoms with van der Waals surface area (Å²) in [6.45, 7) is 6.80. The number of hydrogen-bond donors (Lipinski definition) is 2. The summed E-state index contributed by atoms with van der Waals surface area (Å²) in [5.74, 6) is 0. The van der Waals surface area contributed by atoms with Crippen LogP contribution in [0.1, 0.15) is 25.8 Å². The zero-order valence-electron chi connectivity index (χ0n) is 12.2. The minimum absolute atomic E-state index is 0.154. The lowest BCUT2D eigenvalue weighted by Gasteiger charge is -2.19. The molecule has 0 fully saturated rings. The lowest BCUT2D eigenvalue weighted by molar-refractivity contribution is 0.278. The number of sulfonamides is 1. The van der Waals surface area contributed by atoms with Crippen molar-refractivity contribution in [3.8, 4) is 0 Å². The van der Waals surface area contributed by atoms with E-state index in [0.717, 1.165) is 19.5 Å². The molecule has 2 N–H and O–H groups in total. The summed E-state index contributed by atoms with van der Waals surface area (Å²) in [5, 5.41) is 9.20. The Bertz CT molecular complexity index is 503. The highest BCUT2D eigenvalue weighted by molar-refractivity contribution is 7.89. The Hall–Kier alpha value is -0.950. The van der Waals surface area contributed by atoms with E-state index in [1.807, 2.05) is 0 Å². The summed E-state index contributed by atoms with van der Waals surface area (Å²) in [4.78, 5) is 2.35. The number of rotatable bonds is 9. The first kappa shape index (κ1) is 17.1. The highest BCUT2D eigenvalue weighted by Crippen LogP contribution is 2.14. The second kappa shape index (κ2) is 8.36. The van der Waals surface area contributed by atoms with Crippen molar-refractivity contribution in [3.63, 3.8) is 0 Å². The van der Waals surface area contributed by atoms with E-state index in [0.29, 0.717) is 18.7 Å². The number of aliphatic hydroxyl groups excluding tert-OH is 1. The molecule has 0 saturated carbocycles. The predicted octanol–water partition coefficient (Wildman–Crippen LogP) is 1.19. The molecule has 0 aliphatic heterocycles. The van der Waals surface area contributed by atoms with Crippen molar-refractivity contribution in [2.45, 2.75) is 31.8 Å². The van der Waals surface area contributed by atoms with Gasteiger partial charge in [-0.25, -0.2) is 13.1 Å². The van der Waals surface area contributed by atoms with Gasteiger partial charge in [0.15, 0.2) is 0 Å². The molecule has 6 heteroatoms. The molecule has 0 radical (unpaired) electrons. The largest absolute Gasteiger partial charge is 0.392 e. The van der Waals surface area contributed by atoms with Crippen molar-refractivity contribution in [2.24, 2.45) is 0 Å². The van der Waals surface area contributed by atoms with Crippen LogP contribution in [0.2, 0.25) is 0 Å². The molecule has 1 aromatic rings. The molecular formula is C14H24N2O3S. The van der Waals surface area contributed by atoms with Crippen molar-refractivity contribution in [1.82, 2.24) is 9.62 Å². The molecule has 1 rings (SSSR count). The number of nitrogens with one attached hydrogen (secondary N) is 1. The molecule has 0 atom stereocenters. The molecule has 1 aromatic carbocycles. The number of benzene rings is 1. The van der Waals surface area contributed by atoms with Crippen LogP contribution < -0.4 is 4.72 Å². The third kappa shape index (κ3) is 4.86. The maximum atomic E-state index is 12.2. The summed E-state index contributed by atoms with van der Waals surface area (Å²) in [5.41, 5.74) is 0.418. The van der Waals surface area contributed by atoms with Crippen LogP contribution >= 0.6 is 0 Å². The van der Waals surface area contributed by atoms with E-state index >= 15 is 0 Å². The zero-order valence-corrected chi connectivity index (χ0v) is 13.0. The van der Waals surface area contributed by atoms with Crippen LogP contribution in [0.3, 0.4) is 0 Å². The number of nitrogens with zero attached hydrogens (tertiary/aromatic N) is 1. The topological polar surface area (TPSA) is 69.6 Å². The maximum Gasteiger partial charge on any atom is 0.240 e. The van der Waals surface area contributed by atoms with Gasteiger partial charge in [0.25, 0.3) is 0 Å². The fourth-order valence-electron chi connectivity index (χ4n) is 2.06. The van der Waals surface area contributed by atoms with Gasteiger partial charge in [0, 0.05) is 13.1 Å². The fourth-order valence-corrected chi connectivity index (χ4v) is 3.31. The van der Waals surface area contributed by atoms with Crippen molar-refractivity contribution < 1.29 is 13.5 Å². The van der Waals surface area contributed by atoms with Gasteiger partial charge < -0.3 is 10.0 Å². The molecule has 0 heterocycles. The van der Waals surface area contributed by atoms with E-state index in [-0.39, 0.29) is 11.5 Å². The lowest BCUT2D eigenvalue weighted by Crippen LogP contribution is -2.35. The molecule has 0 spiro atoms. The SMILES string of the molecule is CCCN(CC)CCNS(=O)(=O)c1ccccc1CO. The van der Waals surface area contributed by atoms with Gasteiger partial charge in [0.2, 0.25) is 10.0 Å². The Morgan fingerprint density at radius 2 is 1.90 bits per heavy atom. The number of aliphatic hydroxyl groups is 1. The summed E-state index contributed by atoms with van der Waals surface area (Å²) >= 11 is 0. The van der Waals surface area contributed by atoms with E-state index in [2.05, 4.69) is 23.5 Å². The maximum absolute atomic E-state index is 12.2. The van der Waals surface area contributed by atoms with Crippen LogP contribution in [-0.2, 0) is 16.6 Å². The predicted molar refractivity (Wildman–Crippen MR) is 80.0 cm³/mol. The van der Waals surface area contributed by atoms with Crippen LogP contribution in [-0.4, -0.2) is 44.6 Å². The Morgan fingerprint density at radius 1 is 1.20 bits per heavy atom. The highest BCUT2D eigenvalue weighted by Gasteiger charge is 2.17. The highest BCUT2D eigenvalue weighted by atomic mass is 32.2. The van der Waals surface area contributed by atoms with Gasteiger partial charge in [-0.2, -0.15) is 0 Å². The monoisotopic (exact) mass is 300 g/mol. The summed E-state index contributed by atoms with van der Waals surface area (Å²) in [6, 6.07) is 6.50. The standard InChI is InChI=1S/C14H24N2O3S/c1-3-10-16(4-2)11-9-15-20(18,19)14-8-6-5-7-13(14)12-17/h5-8,15,17H,3-4,9-12H2,1-2H3. The molecule has 20 heavy (non-hydrogen) atoms. The molecule has 0 aliphatic rings. The van der Waals surface area contributed by atoms with Crippen molar-refractivity contribution in [3.05, 3.63) is 29.8 Å². The summed E-state index contributed by atoms with van der Waals surface area (Å²) in [7, 11) is -3.56. The van der Waals surface area contributed by atoms with Gasteiger partial charge in [0.1, 0.15) is 0 Å². The Morgan fingerprint density at radius 3 is 2.50 bits per heavy atom. The molecule has 0 bridgehead atoms. The summed E-state index contributed by atoms with van der Waals surface area (Å²) in [6.07, 6.45) is 1.05. The average molecular weight is 300 g/mol. The van der Waals surface area contributed by atoms with Gasteiger partial charge in [0.05, 0.1) is 11.5 Å². The summed E-state index contributed by atoms with van der Waals surface area (Å²) < 4.78 is 27.0. The molecule has 0 saturated heterocycles. The van der Waals surface area contributed by atoms with Crippen molar-refractivity contribution in [2.75, 3.05) is 26.2 Å². The molecule has 5 nitrogen and oxygen atoms in total. The smallest absolute Gasteiger partial charge is 0.240 e. The average Bonchev–Trinajstić information content (AvgIpc) is 2.46. The normalized spacial score (nSPS) is 12.0. The van der Waals surface area contributed by atoms with E-state index in [9.17, 15) is 13.5 Å². The van der Waals surface area contributed by atoms with E-state index < -0.39 is 10.0 Å². The molecule has 114 valence electrons.